The molecule has 4 rings (SSSR count). The highest BCUT2D eigenvalue weighted by Crippen LogP contribution is 2.28. The van der Waals surface area contributed by atoms with Crippen molar-refractivity contribution in [2.75, 3.05) is 42.3 Å². The molecule has 6 nitrogen and oxygen atoms in total. The van der Waals surface area contributed by atoms with Crippen molar-refractivity contribution >= 4 is 50.6 Å². The van der Waals surface area contributed by atoms with E-state index in [1.165, 1.54) is 11.8 Å². The maximum atomic E-state index is 12.2. The summed E-state index contributed by atoms with van der Waals surface area (Å²) in [5.74, 6) is 0.271. The van der Waals surface area contributed by atoms with E-state index >= 15 is 0 Å². The van der Waals surface area contributed by atoms with Gasteiger partial charge < -0.3 is 15.0 Å². The Balaban J connectivity index is 1.33. The van der Waals surface area contributed by atoms with E-state index in [1.54, 1.807) is 17.7 Å². The van der Waals surface area contributed by atoms with Gasteiger partial charge in [-0.1, -0.05) is 11.8 Å². The number of anilines is 2. The first-order valence-corrected chi connectivity index (χ1v) is 10.2. The fourth-order valence-corrected chi connectivity index (χ4v) is 4.52. The molecule has 134 valence electrons. The predicted octanol–water partition coefficient (Wildman–Crippen LogP) is 3.26. The molecule has 3 heterocycles. The number of thioether (sulfide) groups is 1. The Morgan fingerprint density at radius 1 is 1.19 bits per heavy atom. The number of thiophene rings is 1. The lowest BCUT2D eigenvalue weighted by Gasteiger charge is -2.28. The maximum Gasteiger partial charge on any atom is 0.234 e. The van der Waals surface area contributed by atoms with Gasteiger partial charge in [0, 0.05) is 24.5 Å². The van der Waals surface area contributed by atoms with E-state index in [9.17, 15) is 4.79 Å². The fourth-order valence-electron chi connectivity index (χ4n) is 2.78. The Bertz CT molecular complexity index is 892. The number of aromatic nitrogens is 2. The van der Waals surface area contributed by atoms with E-state index < -0.39 is 0 Å². The summed E-state index contributed by atoms with van der Waals surface area (Å²) >= 11 is 3.03. The summed E-state index contributed by atoms with van der Waals surface area (Å²) in [5, 5.41) is 5.78. The van der Waals surface area contributed by atoms with Crippen LogP contribution in [0.15, 0.2) is 47.1 Å². The number of nitrogens with one attached hydrogen (secondary N) is 1. The molecule has 1 N–H and O–H groups in total. The number of benzene rings is 1. The molecular formula is C18H18N4O2S2. The molecule has 0 saturated carbocycles. The number of rotatable bonds is 5. The van der Waals surface area contributed by atoms with E-state index in [0.717, 1.165) is 52.9 Å². The largest absolute Gasteiger partial charge is 0.378 e. The molecule has 1 aromatic carbocycles. The zero-order chi connectivity index (χ0) is 17.8. The smallest absolute Gasteiger partial charge is 0.234 e. The molecule has 0 spiro atoms. The highest BCUT2D eigenvalue weighted by Gasteiger charge is 2.12. The summed E-state index contributed by atoms with van der Waals surface area (Å²) in [4.78, 5) is 23.0. The minimum absolute atomic E-state index is 0.0440. The highest BCUT2D eigenvalue weighted by molar-refractivity contribution is 8.00. The number of nitrogens with zero attached hydrogens (tertiary/aromatic N) is 3. The molecule has 1 fully saturated rings. The van der Waals surface area contributed by atoms with E-state index in [4.69, 9.17) is 4.74 Å². The average Bonchev–Trinajstić information content (AvgIpc) is 3.17. The normalized spacial score (nSPS) is 14.5. The number of amides is 1. The zero-order valence-corrected chi connectivity index (χ0v) is 15.7. The van der Waals surface area contributed by atoms with Crippen LogP contribution in [0.4, 0.5) is 11.4 Å². The summed E-state index contributed by atoms with van der Waals surface area (Å²) in [5.41, 5.74) is 2.88. The van der Waals surface area contributed by atoms with Gasteiger partial charge in [-0.2, -0.15) is 0 Å². The molecule has 0 atom stereocenters. The molecule has 0 bridgehead atoms. The van der Waals surface area contributed by atoms with Crippen LogP contribution in [0.5, 0.6) is 0 Å². The van der Waals surface area contributed by atoms with Gasteiger partial charge in [-0.25, -0.2) is 9.97 Å². The van der Waals surface area contributed by atoms with Crippen molar-refractivity contribution in [1.29, 1.82) is 0 Å². The Morgan fingerprint density at radius 2 is 2.00 bits per heavy atom. The lowest BCUT2D eigenvalue weighted by atomic mass is 10.2. The third kappa shape index (κ3) is 3.98. The van der Waals surface area contributed by atoms with Crippen molar-refractivity contribution in [1.82, 2.24) is 9.97 Å². The lowest BCUT2D eigenvalue weighted by Crippen LogP contribution is -2.36. The second-order valence-electron chi connectivity index (χ2n) is 5.80. The van der Waals surface area contributed by atoms with Crippen molar-refractivity contribution in [3.8, 4) is 0 Å². The molecule has 2 aromatic heterocycles. The van der Waals surface area contributed by atoms with Crippen LogP contribution in [0.2, 0.25) is 0 Å². The first kappa shape index (κ1) is 17.3. The van der Waals surface area contributed by atoms with Gasteiger partial charge in [0.25, 0.3) is 0 Å². The maximum absolute atomic E-state index is 12.2. The molecule has 0 aliphatic carbocycles. The quantitative estimate of drug-likeness (QED) is 0.536. The van der Waals surface area contributed by atoms with Gasteiger partial charge in [0.2, 0.25) is 5.91 Å². The van der Waals surface area contributed by atoms with Crippen molar-refractivity contribution in [2.45, 2.75) is 5.03 Å². The average molecular weight is 387 g/mol. The summed E-state index contributed by atoms with van der Waals surface area (Å²) < 4.78 is 6.40. The molecular weight excluding hydrogens is 368 g/mol. The minimum Gasteiger partial charge on any atom is -0.378 e. The topological polar surface area (TPSA) is 67.4 Å². The Labute approximate surface area is 159 Å². The molecule has 1 aliphatic heterocycles. The number of hydrogen-bond donors (Lipinski definition) is 1. The summed E-state index contributed by atoms with van der Waals surface area (Å²) in [6.07, 6.45) is 1.54. The van der Waals surface area contributed by atoms with Crippen LogP contribution in [-0.4, -0.2) is 47.9 Å². The van der Waals surface area contributed by atoms with Crippen LogP contribution in [-0.2, 0) is 9.53 Å². The van der Waals surface area contributed by atoms with Crippen molar-refractivity contribution in [3.63, 3.8) is 0 Å². The number of ether oxygens (including phenoxy) is 1. The number of carbonyl (C=O) groups is 1. The van der Waals surface area contributed by atoms with Crippen LogP contribution < -0.4 is 10.2 Å². The molecule has 3 aromatic rings. The van der Waals surface area contributed by atoms with Gasteiger partial charge in [-0.15, -0.1) is 11.3 Å². The van der Waals surface area contributed by atoms with Gasteiger partial charge in [0.1, 0.15) is 11.4 Å². The molecule has 8 heteroatoms. The molecule has 1 aliphatic rings. The highest BCUT2D eigenvalue weighted by atomic mass is 32.2. The second kappa shape index (κ2) is 8.03. The first-order valence-electron chi connectivity index (χ1n) is 8.33. The Hall–Kier alpha value is -2.16. The van der Waals surface area contributed by atoms with Gasteiger partial charge in [0.05, 0.1) is 29.2 Å². The number of carbonyl (C=O) groups excluding carboxylic acids is 1. The van der Waals surface area contributed by atoms with Gasteiger partial charge in [0.15, 0.2) is 0 Å². The molecule has 1 saturated heterocycles. The van der Waals surface area contributed by atoms with Crippen LogP contribution in [0.1, 0.15) is 0 Å². The number of fused-ring (bicyclic) bond motifs is 1. The Kier molecular flexibility index (Phi) is 5.33. The fraction of sp³-hybridized carbons (Fsp3) is 0.278. The van der Waals surface area contributed by atoms with E-state index in [0.29, 0.717) is 5.75 Å². The van der Waals surface area contributed by atoms with Crippen molar-refractivity contribution in [3.05, 3.63) is 42.0 Å². The van der Waals surface area contributed by atoms with Gasteiger partial charge >= 0.3 is 0 Å². The van der Waals surface area contributed by atoms with E-state index in [1.807, 2.05) is 35.7 Å². The summed E-state index contributed by atoms with van der Waals surface area (Å²) in [6, 6.07) is 9.91. The number of hydrogen-bond acceptors (Lipinski definition) is 7. The summed E-state index contributed by atoms with van der Waals surface area (Å²) in [6.45, 7) is 3.32. The van der Waals surface area contributed by atoms with Crippen molar-refractivity contribution < 1.29 is 9.53 Å². The second-order valence-corrected chi connectivity index (χ2v) is 7.68. The molecule has 0 unspecified atom stereocenters. The zero-order valence-electron chi connectivity index (χ0n) is 14.1. The minimum atomic E-state index is -0.0440. The van der Waals surface area contributed by atoms with Crippen LogP contribution >= 0.6 is 23.1 Å². The number of morpholine rings is 1. The van der Waals surface area contributed by atoms with Crippen LogP contribution in [0, 0.1) is 0 Å². The molecule has 26 heavy (non-hydrogen) atoms. The summed E-state index contributed by atoms with van der Waals surface area (Å²) in [7, 11) is 0. The van der Waals surface area contributed by atoms with Gasteiger partial charge in [-0.3, -0.25) is 4.79 Å². The third-order valence-corrected chi connectivity index (χ3v) is 6.11. The van der Waals surface area contributed by atoms with Crippen LogP contribution in [0.25, 0.3) is 10.2 Å². The molecule has 1 amide bonds. The predicted molar refractivity (Wildman–Crippen MR) is 106 cm³/mol. The monoisotopic (exact) mass is 386 g/mol. The third-order valence-electron chi connectivity index (χ3n) is 4.08. The lowest BCUT2D eigenvalue weighted by molar-refractivity contribution is -0.113. The molecule has 0 radical (unpaired) electrons. The first-order chi connectivity index (χ1) is 12.8. The van der Waals surface area contributed by atoms with E-state index in [2.05, 4.69) is 20.2 Å². The van der Waals surface area contributed by atoms with Gasteiger partial charge in [-0.05, 0) is 35.7 Å². The van der Waals surface area contributed by atoms with Crippen molar-refractivity contribution in [2.24, 2.45) is 0 Å². The van der Waals surface area contributed by atoms with Crippen LogP contribution in [0.3, 0.4) is 0 Å². The van der Waals surface area contributed by atoms with E-state index in [-0.39, 0.29) is 5.91 Å². The Morgan fingerprint density at radius 3 is 2.81 bits per heavy atom. The standard InChI is InChI=1S/C18H18N4O2S2/c23-16(11-26-18-17-15(5-10-25-17)19-12-20-18)21-13-1-3-14(4-2-13)22-6-8-24-9-7-22/h1-5,10,12H,6-9,11H2,(H,21,23). The SMILES string of the molecule is O=C(CSc1ncnc2ccsc12)Nc1ccc(N2CCOCC2)cc1.